The number of rotatable bonds is 4. The Morgan fingerprint density at radius 2 is 2.37 bits per heavy atom. The summed E-state index contributed by atoms with van der Waals surface area (Å²) in [5.74, 6) is 0.906. The zero-order chi connectivity index (χ0) is 13.4. The number of nitrogens with one attached hydrogen (secondary N) is 1. The first-order chi connectivity index (χ1) is 9.13. The normalized spacial score (nSPS) is 29.1. The van der Waals surface area contributed by atoms with Crippen molar-refractivity contribution in [2.75, 3.05) is 5.32 Å². The third-order valence-corrected chi connectivity index (χ3v) is 3.90. The van der Waals surface area contributed by atoms with Crippen LogP contribution in [0.5, 0.6) is 0 Å². The molecular weight excluding hydrogens is 242 g/mol. The summed E-state index contributed by atoms with van der Waals surface area (Å²) in [6.07, 6.45) is 7.32. The molecule has 2 aliphatic heterocycles. The van der Waals surface area contributed by atoms with Crippen molar-refractivity contribution in [2.45, 2.75) is 57.9 Å². The van der Waals surface area contributed by atoms with Gasteiger partial charge in [0.05, 0.1) is 18.2 Å². The van der Waals surface area contributed by atoms with Gasteiger partial charge in [0.1, 0.15) is 0 Å². The second-order valence-corrected chi connectivity index (χ2v) is 5.99. The van der Waals surface area contributed by atoms with Crippen molar-refractivity contribution >= 4 is 5.82 Å². The van der Waals surface area contributed by atoms with E-state index in [9.17, 15) is 4.79 Å². The first-order valence-corrected chi connectivity index (χ1v) is 7.11. The Balaban J connectivity index is 1.76. The molecule has 3 unspecified atom stereocenters. The van der Waals surface area contributed by atoms with Crippen molar-refractivity contribution in [1.82, 2.24) is 9.55 Å². The molecule has 1 aromatic rings. The average Bonchev–Trinajstić information content (AvgIpc) is 2.96. The van der Waals surface area contributed by atoms with Crippen LogP contribution in [0.4, 0.5) is 5.82 Å². The average molecular weight is 263 g/mol. The monoisotopic (exact) mass is 263 g/mol. The van der Waals surface area contributed by atoms with Crippen LogP contribution >= 0.6 is 0 Å². The van der Waals surface area contributed by atoms with Gasteiger partial charge in [-0.1, -0.05) is 13.8 Å². The lowest BCUT2D eigenvalue weighted by Crippen LogP contribution is -2.35. The van der Waals surface area contributed by atoms with Crippen molar-refractivity contribution in [3.05, 3.63) is 22.7 Å². The van der Waals surface area contributed by atoms with Crippen LogP contribution in [0.15, 0.2) is 17.2 Å². The molecule has 1 N–H and O–H groups in total. The van der Waals surface area contributed by atoms with E-state index in [0.29, 0.717) is 17.8 Å². The number of aromatic nitrogens is 2. The second-order valence-electron chi connectivity index (χ2n) is 5.99. The lowest BCUT2D eigenvalue weighted by molar-refractivity contribution is 0.102. The molecule has 5 nitrogen and oxygen atoms in total. The summed E-state index contributed by atoms with van der Waals surface area (Å²) in [6, 6.07) is 0.244. The minimum atomic E-state index is -0.0287. The fraction of sp³-hybridized carbons (Fsp3) is 0.714. The van der Waals surface area contributed by atoms with E-state index in [0.717, 1.165) is 25.8 Å². The molecule has 5 heteroatoms. The maximum absolute atomic E-state index is 12.3. The molecule has 2 aliphatic rings. The molecular formula is C14H21N3O2. The Morgan fingerprint density at radius 1 is 1.53 bits per heavy atom. The third-order valence-electron chi connectivity index (χ3n) is 3.90. The lowest BCUT2D eigenvalue weighted by atomic mass is 9.95. The molecule has 0 spiro atoms. The molecule has 104 valence electrons. The predicted octanol–water partition coefficient (Wildman–Crippen LogP) is 1.63. The largest absolute Gasteiger partial charge is 0.373 e. The maximum Gasteiger partial charge on any atom is 0.293 e. The van der Waals surface area contributed by atoms with Crippen LogP contribution in [0.2, 0.25) is 0 Å². The molecule has 1 aromatic heterocycles. The molecule has 2 saturated heterocycles. The summed E-state index contributed by atoms with van der Waals surface area (Å²) in [5, 5.41) is 3.28. The molecule has 3 atom stereocenters. The predicted molar refractivity (Wildman–Crippen MR) is 73.3 cm³/mol. The minimum absolute atomic E-state index is 0.0287. The van der Waals surface area contributed by atoms with Crippen molar-refractivity contribution < 1.29 is 4.74 Å². The van der Waals surface area contributed by atoms with E-state index in [1.165, 1.54) is 0 Å². The first-order valence-electron chi connectivity index (χ1n) is 7.11. The van der Waals surface area contributed by atoms with Crippen molar-refractivity contribution in [1.29, 1.82) is 0 Å². The number of hydrogen-bond acceptors (Lipinski definition) is 4. The highest BCUT2D eigenvalue weighted by Crippen LogP contribution is 2.35. The van der Waals surface area contributed by atoms with Gasteiger partial charge in [0, 0.05) is 18.9 Å². The van der Waals surface area contributed by atoms with Crippen molar-refractivity contribution in [3.63, 3.8) is 0 Å². The van der Waals surface area contributed by atoms with Gasteiger partial charge in [-0.2, -0.15) is 0 Å². The van der Waals surface area contributed by atoms with Crippen LogP contribution in [0.3, 0.4) is 0 Å². The smallest absolute Gasteiger partial charge is 0.293 e. The van der Waals surface area contributed by atoms with Crippen molar-refractivity contribution in [3.8, 4) is 0 Å². The molecule has 0 saturated carbocycles. The van der Waals surface area contributed by atoms with E-state index in [1.54, 1.807) is 17.0 Å². The van der Waals surface area contributed by atoms with E-state index in [2.05, 4.69) is 24.1 Å². The summed E-state index contributed by atoms with van der Waals surface area (Å²) in [7, 11) is 0. The zero-order valence-electron chi connectivity index (χ0n) is 11.5. The SMILES string of the molecule is CC(C)Cn1ccnc(NC2CC3CCC2O3)c1=O. The van der Waals surface area contributed by atoms with Gasteiger partial charge in [-0.15, -0.1) is 0 Å². The first kappa shape index (κ1) is 12.7. The van der Waals surface area contributed by atoms with Crippen LogP contribution < -0.4 is 10.9 Å². The number of ether oxygens (including phenoxy) is 1. The molecule has 19 heavy (non-hydrogen) atoms. The Bertz CT molecular complexity index is 512. The van der Waals surface area contributed by atoms with E-state index >= 15 is 0 Å². The topological polar surface area (TPSA) is 56.1 Å². The van der Waals surface area contributed by atoms with Gasteiger partial charge in [0.15, 0.2) is 5.82 Å². The number of nitrogens with zero attached hydrogens (tertiary/aromatic N) is 2. The zero-order valence-corrected chi connectivity index (χ0v) is 11.5. The number of fused-ring (bicyclic) bond motifs is 2. The van der Waals surface area contributed by atoms with E-state index in [-0.39, 0.29) is 17.7 Å². The second kappa shape index (κ2) is 4.96. The van der Waals surface area contributed by atoms with Crippen LogP contribution in [0.1, 0.15) is 33.1 Å². The fourth-order valence-corrected chi connectivity index (χ4v) is 3.05. The lowest BCUT2D eigenvalue weighted by Gasteiger charge is -2.20. The third kappa shape index (κ3) is 2.52. The molecule has 2 bridgehead atoms. The van der Waals surface area contributed by atoms with Crippen LogP contribution in [0.25, 0.3) is 0 Å². The van der Waals surface area contributed by atoms with Gasteiger partial charge in [0.2, 0.25) is 0 Å². The standard InChI is InChI=1S/C14H21N3O2/c1-9(2)8-17-6-5-15-13(14(17)18)16-11-7-10-3-4-12(11)19-10/h5-6,9-12H,3-4,7-8H2,1-2H3,(H,15,16). The Kier molecular flexibility index (Phi) is 3.31. The highest BCUT2D eigenvalue weighted by atomic mass is 16.5. The molecule has 0 aliphatic carbocycles. The van der Waals surface area contributed by atoms with E-state index < -0.39 is 0 Å². The Labute approximate surface area is 113 Å². The van der Waals surface area contributed by atoms with Gasteiger partial charge < -0.3 is 14.6 Å². The number of hydrogen-bond donors (Lipinski definition) is 1. The quantitative estimate of drug-likeness (QED) is 0.897. The highest BCUT2D eigenvalue weighted by Gasteiger charge is 2.41. The van der Waals surface area contributed by atoms with Gasteiger partial charge in [0.25, 0.3) is 5.56 Å². The van der Waals surface area contributed by atoms with Gasteiger partial charge in [-0.25, -0.2) is 4.98 Å². The Hall–Kier alpha value is -1.36. The Morgan fingerprint density at radius 3 is 3.00 bits per heavy atom. The minimum Gasteiger partial charge on any atom is -0.373 e. The summed E-state index contributed by atoms with van der Waals surface area (Å²) in [6.45, 7) is 4.93. The van der Waals surface area contributed by atoms with Gasteiger partial charge in [-0.05, 0) is 25.2 Å². The van der Waals surface area contributed by atoms with Crippen molar-refractivity contribution in [2.24, 2.45) is 5.92 Å². The molecule has 0 aromatic carbocycles. The summed E-state index contributed by atoms with van der Waals surface area (Å²) < 4.78 is 7.52. The summed E-state index contributed by atoms with van der Waals surface area (Å²) >= 11 is 0. The summed E-state index contributed by atoms with van der Waals surface area (Å²) in [4.78, 5) is 16.5. The molecule has 3 rings (SSSR count). The molecule has 3 heterocycles. The molecule has 0 amide bonds. The molecule has 2 fully saturated rings. The van der Waals surface area contributed by atoms with Crippen LogP contribution in [-0.4, -0.2) is 27.8 Å². The van der Waals surface area contributed by atoms with E-state index in [1.807, 2.05) is 0 Å². The fourth-order valence-electron chi connectivity index (χ4n) is 3.05. The highest BCUT2D eigenvalue weighted by molar-refractivity contribution is 5.33. The maximum atomic E-state index is 12.3. The van der Waals surface area contributed by atoms with Crippen LogP contribution in [-0.2, 0) is 11.3 Å². The summed E-state index contributed by atoms with van der Waals surface area (Å²) in [5.41, 5.74) is -0.0287. The van der Waals surface area contributed by atoms with Gasteiger partial charge >= 0.3 is 0 Å². The molecule has 0 radical (unpaired) electrons. The van der Waals surface area contributed by atoms with Gasteiger partial charge in [-0.3, -0.25) is 4.79 Å². The van der Waals surface area contributed by atoms with Crippen LogP contribution in [0, 0.1) is 5.92 Å². The number of anilines is 1. The van der Waals surface area contributed by atoms with E-state index in [4.69, 9.17) is 4.74 Å².